The van der Waals surface area contributed by atoms with Crippen LogP contribution in [0.4, 0.5) is 5.69 Å². The molecule has 1 amide bonds. The Morgan fingerprint density at radius 3 is 2.82 bits per heavy atom. The van der Waals surface area contributed by atoms with Gasteiger partial charge >= 0.3 is 0 Å². The molecule has 1 atom stereocenters. The molecule has 1 unspecified atom stereocenters. The van der Waals surface area contributed by atoms with Gasteiger partial charge in [0.2, 0.25) is 0 Å². The van der Waals surface area contributed by atoms with E-state index in [0.29, 0.717) is 0 Å². The molecule has 0 aliphatic rings. The lowest BCUT2D eigenvalue weighted by Gasteiger charge is -2.08. The second-order valence-electron chi connectivity index (χ2n) is 3.61. The van der Waals surface area contributed by atoms with Gasteiger partial charge in [0.25, 0.3) is 11.6 Å². The summed E-state index contributed by atoms with van der Waals surface area (Å²) in [6.07, 6.45) is 0. The molecule has 0 aliphatic heterocycles. The molecule has 1 rings (SSSR count). The Balaban J connectivity index is 2.98. The van der Waals surface area contributed by atoms with E-state index >= 15 is 0 Å². The van der Waals surface area contributed by atoms with Crippen LogP contribution in [0.15, 0.2) is 18.2 Å². The fourth-order valence-electron chi connectivity index (χ4n) is 1.20. The van der Waals surface area contributed by atoms with Crippen molar-refractivity contribution in [1.82, 2.24) is 5.32 Å². The van der Waals surface area contributed by atoms with Crippen molar-refractivity contribution in [3.8, 4) is 0 Å². The molecule has 0 radical (unpaired) electrons. The molecule has 0 aromatic heterocycles. The summed E-state index contributed by atoms with van der Waals surface area (Å²) >= 11 is 5.70. The molecule has 6 nitrogen and oxygen atoms in total. The van der Waals surface area contributed by atoms with Gasteiger partial charge in [-0.05, 0) is 19.1 Å². The van der Waals surface area contributed by atoms with E-state index in [4.69, 9.17) is 17.3 Å². The minimum Gasteiger partial charge on any atom is -0.350 e. The number of halogens is 1. The number of hydrogen-bond donors (Lipinski definition) is 2. The molecule has 7 heteroatoms. The SMILES string of the molecule is CC(N)CNC(=O)c1cc(Cl)ccc1[N+](=O)[O-]. The number of benzene rings is 1. The Morgan fingerprint density at radius 1 is 1.65 bits per heavy atom. The summed E-state index contributed by atoms with van der Waals surface area (Å²) in [5.41, 5.74) is 5.12. The molecule has 1 aromatic carbocycles. The third kappa shape index (κ3) is 3.69. The van der Waals surface area contributed by atoms with Crippen LogP contribution in [-0.2, 0) is 0 Å². The first-order valence-electron chi connectivity index (χ1n) is 4.89. The first kappa shape index (κ1) is 13.4. The largest absolute Gasteiger partial charge is 0.350 e. The zero-order valence-electron chi connectivity index (χ0n) is 9.14. The van der Waals surface area contributed by atoms with Gasteiger partial charge in [0.15, 0.2) is 0 Å². The van der Waals surface area contributed by atoms with Crippen LogP contribution in [0.1, 0.15) is 17.3 Å². The smallest absolute Gasteiger partial charge is 0.282 e. The minimum atomic E-state index is -0.628. The number of amides is 1. The van der Waals surface area contributed by atoms with Crippen LogP contribution in [0.3, 0.4) is 0 Å². The highest BCUT2D eigenvalue weighted by molar-refractivity contribution is 6.31. The number of nitrogens with one attached hydrogen (secondary N) is 1. The van der Waals surface area contributed by atoms with Crippen molar-refractivity contribution in [2.75, 3.05) is 6.54 Å². The highest BCUT2D eigenvalue weighted by Crippen LogP contribution is 2.22. The highest BCUT2D eigenvalue weighted by atomic mass is 35.5. The first-order valence-corrected chi connectivity index (χ1v) is 5.27. The number of nitrogens with zero attached hydrogens (tertiary/aromatic N) is 1. The van der Waals surface area contributed by atoms with Gasteiger partial charge in [-0.25, -0.2) is 0 Å². The maximum Gasteiger partial charge on any atom is 0.282 e. The second-order valence-corrected chi connectivity index (χ2v) is 4.04. The molecule has 1 aromatic rings. The number of carbonyl (C=O) groups excluding carboxylic acids is 1. The molecule has 0 saturated carbocycles. The summed E-state index contributed by atoms with van der Waals surface area (Å²) in [6.45, 7) is 1.95. The van der Waals surface area contributed by atoms with Gasteiger partial charge in [-0.3, -0.25) is 14.9 Å². The van der Waals surface area contributed by atoms with Crippen molar-refractivity contribution in [2.45, 2.75) is 13.0 Å². The van der Waals surface area contributed by atoms with Crippen LogP contribution in [0.5, 0.6) is 0 Å². The molecule has 0 bridgehead atoms. The number of hydrogen-bond acceptors (Lipinski definition) is 4. The Bertz CT molecular complexity index is 448. The third-order valence-corrected chi connectivity index (χ3v) is 2.22. The van der Waals surface area contributed by atoms with Gasteiger partial charge < -0.3 is 11.1 Å². The lowest BCUT2D eigenvalue weighted by Crippen LogP contribution is -2.35. The van der Waals surface area contributed by atoms with Crippen LogP contribution >= 0.6 is 11.6 Å². The van der Waals surface area contributed by atoms with Crippen molar-refractivity contribution >= 4 is 23.2 Å². The molecule has 0 aliphatic carbocycles. The summed E-state index contributed by atoms with van der Waals surface area (Å²) in [6, 6.07) is 3.60. The van der Waals surface area contributed by atoms with Crippen LogP contribution in [-0.4, -0.2) is 23.4 Å². The van der Waals surface area contributed by atoms with E-state index in [2.05, 4.69) is 5.32 Å². The van der Waals surface area contributed by atoms with Crippen LogP contribution < -0.4 is 11.1 Å². The van der Waals surface area contributed by atoms with E-state index < -0.39 is 10.8 Å². The number of rotatable bonds is 4. The van der Waals surface area contributed by atoms with Crippen molar-refractivity contribution in [3.63, 3.8) is 0 Å². The van der Waals surface area contributed by atoms with Gasteiger partial charge in [0, 0.05) is 23.7 Å². The van der Waals surface area contributed by atoms with Gasteiger partial charge in [-0.15, -0.1) is 0 Å². The molecule has 3 N–H and O–H groups in total. The van der Waals surface area contributed by atoms with Gasteiger partial charge in [0.1, 0.15) is 5.56 Å². The summed E-state index contributed by atoms with van der Waals surface area (Å²) < 4.78 is 0. The molecular formula is C10H12ClN3O3. The maximum absolute atomic E-state index is 11.7. The monoisotopic (exact) mass is 257 g/mol. The van der Waals surface area contributed by atoms with E-state index in [1.165, 1.54) is 18.2 Å². The quantitative estimate of drug-likeness (QED) is 0.628. The van der Waals surface area contributed by atoms with Crippen molar-refractivity contribution in [2.24, 2.45) is 5.73 Å². The van der Waals surface area contributed by atoms with E-state index in [1.54, 1.807) is 6.92 Å². The van der Waals surface area contributed by atoms with Crippen molar-refractivity contribution < 1.29 is 9.72 Å². The Kier molecular flexibility index (Phi) is 4.42. The number of carbonyl (C=O) groups is 1. The van der Waals surface area contributed by atoms with Gasteiger partial charge in [-0.1, -0.05) is 11.6 Å². The molecular weight excluding hydrogens is 246 g/mol. The third-order valence-electron chi connectivity index (χ3n) is 1.98. The predicted octanol–water partition coefficient (Wildman–Crippen LogP) is 1.33. The molecule has 17 heavy (non-hydrogen) atoms. The number of nitro benzene ring substituents is 1. The van der Waals surface area contributed by atoms with Crippen LogP contribution in [0, 0.1) is 10.1 Å². The Labute approximate surface area is 103 Å². The fraction of sp³-hybridized carbons (Fsp3) is 0.300. The predicted molar refractivity (Wildman–Crippen MR) is 64.1 cm³/mol. The minimum absolute atomic E-state index is 0.0665. The van der Waals surface area contributed by atoms with E-state index in [0.717, 1.165) is 0 Å². The van der Waals surface area contributed by atoms with E-state index in [-0.39, 0.29) is 28.9 Å². The maximum atomic E-state index is 11.7. The topological polar surface area (TPSA) is 98.3 Å². The lowest BCUT2D eigenvalue weighted by atomic mass is 10.1. The van der Waals surface area contributed by atoms with E-state index in [1.807, 2.05) is 0 Å². The van der Waals surface area contributed by atoms with Gasteiger partial charge in [-0.2, -0.15) is 0 Å². The molecule has 0 heterocycles. The number of nitrogens with two attached hydrogens (primary N) is 1. The zero-order chi connectivity index (χ0) is 13.0. The average molecular weight is 258 g/mol. The van der Waals surface area contributed by atoms with E-state index in [9.17, 15) is 14.9 Å². The zero-order valence-corrected chi connectivity index (χ0v) is 9.90. The second kappa shape index (κ2) is 5.60. The summed E-state index contributed by atoms with van der Waals surface area (Å²) in [5.74, 6) is -0.559. The molecule has 0 saturated heterocycles. The number of nitro groups is 1. The van der Waals surface area contributed by atoms with Crippen LogP contribution in [0.2, 0.25) is 5.02 Å². The Morgan fingerprint density at radius 2 is 2.29 bits per heavy atom. The van der Waals surface area contributed by atoms with Crippen LogP contribution in [0.25, 0.3) is 0 Å². The van der Waals surface area contributed by atoms with Crippen molar-refractivity contribution in [3.05, 3.63) is 38.9 Å². The normalized spacial score (nSPS) is 11.9. The highest BCUT2D eigenvalue weighted by Gasteiger charge is 2.20. The average Bonchev–Trinajstić information content (AvgIpc) is 2.25. The Hall–Kier alpha value is -1.66. The molecule has 0 spiro atoms. The summed E-state index contributed by atoms with van der Waals surface area (Å²) in [7, 11) is 0. The molecule has 92 valence electrons. The molecule has 0 fully saturated rings. The summed E-state index contributed by atoms with van der Waals surface area (Å²) in [4.78, 5) is 21.8. The first-order chi connectivity index (χ1) is 7.91. The standard InChI is InChI=1S/C10H12ClN3O3/c1-6(12)5-13-10(15)8-4-7(11)2-3-9(8)14(16)17/h2-4,6H,5,12H2,1H3,(H,13,15). The van der Waals surface area contributed by atoms with Gasteiger partial charge in [0.05, 0.1) is 4.92 Å². The van der Waals surface area contributed by atoms with Crippen molar-refractivity contribution in [1.29, 1.82) is 0 Å². The summed E-state index contributed by atoms with van der Waals surface area (Å²) in [5, 5.41) is 13.5. The lowest BCUT2D eigenvalue weighted by molar-refractivity contribution is -0.385. The fourth-order valence-corrected chi connectivity index (χ4v) is 1.37.